The van der Waals surface area contributed by atoms with Gasteiger partial charge in [-0.2, -0.15) is 5.10 Å². The molecule has 0 bridgehead atoms. The highest BCUT2D eigenvalue weighted by atomic mass is 16.5. The van der Waals surface area contributed by atoms with E-state index in [1.807, 2.05) is 55.5 Å². The van der Waals surface area contributed by atoms with Crippen molar-refractivity contribution in [1.29, 1.82) is 0 Å². The molecule has 0 unspecified atom stereocenters. The van der Waals surface area contributed by atoms with Gasteiger partial charge in [0.1, 0.15) is 5.56 Å². The number of hydrogen-bond donors (Lipinski definition) is 0. The molecule has 1 aliphatic heterocycles. The molecular weight excluding hydrogens is 378 g/mol. The SMILES string of the molecule is Cc1nn(Cc2ccccc2)c(C)c1C(=O)OCC(=O)N1CCc2ccccc2C1. The van der Waals surface area contributed by atoms with Crippen LogP contribution in [0.3, 0.4) is 0 Å². The predicted molar refractivity (Wildman–Crippen MR) is 113 cm³/mol. The molecule has 0 N–H and O–H groups in total. The Bertz CT molecular complexity index is 1070. The number of carbonyl (C=O) groups excluding carboxylic acids is 2. The Morgan fingerprint density at radius 1 is 1.00 bits per heavy atom. The molecule has 1 aliphatic rings. The number of rotatable bonds is 5. The Morgan fingerprint density at radius 3 is 2.47 bits per heavy atom. The van der Waals surface area contributed by atoms with Crippen molar-refractivity contribution in [1.82, 2.24) is 14.7 Å². The maximum absolute atomic E-state index is 12.7. The maximum Gasteiger partial charge on any atom is 0.342 e. The Labute approximate surface area is 176 Å². The summed E-state index contributed by atoms with van der Waals surface area (Å²) in [6, 6.07) is 18.1. The lowest BCUT2D eigenvalue weighted by molar-refractivity contribution is -0.135. The molecule has 30 heavy (non-hydrogen) atoms. The van der Waals surface area contributed by atoms with Gasteiger partial charge in [0.25, 0.3) is 5.91 Å². The third-order valence-electron chi connectivity index (χ3n) is 5.57. The number of benzene rings is 2. The van der Waals surface area contributed by atoms with E-state index >= 15 is 0 Å². The van der Waals surface area contributed by atoms with E-state index in [9.17, 15) is 9.59 Å². The minimum absolute atomic E-state index is 0.176. The van der Waals surface area contributed by atoms with E-state index in [1.54, 1.807) is 16.5 Å². The second kappa shape index (κ2) is 8.53. The van der Waals surface area contributed by atoms with Crippen molar-refractivity contribution in [3.05, 3.63) is 88.2 Å². The molecule has 1 amide bonds. The minimum atomic E-state index is -0.505. The molecule has 4 rings (SSSR count). The molecule has 0 radical (unpaired) electrons. The highest BCUT2D eigenvalue weighted by Crippen LogP contribution is 2.19. The summed E-state index contributed by atoms with van der Waals surface area (Å²) in [6.07, 6.45) is 0.820. The number of esters is 1. The first kappa shape index (κ1) is 19.9. The molecule has 6 nitrogen and oxygen atoms in total. The molecule has 0 fully saturated rings. The zero-order valence-corrected chi connectivity index (χ0v) is 17.3. The number of ether oxygens (including phenoxy) is 1. The largest absolute Gasteiger partial charge is 0.452 e. The summed E-state index contributed by atoms with van der Waals surface area (Å²) in [4.78, 5) is 27.0. The van der Waals surface area contributed by atoms with Gasteiger partial charge in [0.15, 0.2) is 6.61 Å². The van der Waals surface area contributed by atoms with E-state index < -0.39 is 5.97 Å². The van der Waals surface area contributed by atoms with E-state index in [-0.39, 0.29) is 12.5 Å². The lowest BCUT2D eigenvalue weighted by Gasteiger charge is -2.28. The van der Waals surface area contributed by atoms with Gasteiger partial charge >= 0.3 is 5.97 Å². The van der Waals surface area contributed by atoms with Crippen LogP contribution in [0.25, 0.3) is 0 Å². The summed E-state index contributed by atoms with van der Waals surface area (Å²) in [6.45, 7) is 5.15. The molecule has 0 saturated heterocycles. The molecule has 3 aromatic rings. The summed E-state index contributed by atoms with van der Waals surface area (Å²) in [5.74, 6) is -0.681. The summed E-state index contributed by atoms with van der Waals surface area (Å²) in [5, 5.41) is 4.49. The molecule has 0 spiro atoms. The third kappa shape index (κ3) is 4.13. The van der Waals surface area contributed by atoms with Crippen LogP contribution in [0.4, 0.5) is 0 Å². The molecule has 0 aliphatic carbocycles. The van der Waals surface area contributed by atoms with E-state index in [2.05, 4.69) is 11.2 Å². The first-order chi connectivity index (χ1) is 14.5. The number of hydrogen-bond acceptors (Lipinski definition) is 4. The van der Waals surface area contributed by atoms with E-state index in [0.29, 0.717) is 30.9 Å². The second-order valence-electron chi connectivity index (χ2n) is 7.60. The van der Waals surface area contributed by atoms with Crippen LogP contribution < -0.4 is 0 Å². The van der Waals surface area contributed by atoms with Gasteiger partial charge in [-0.25, -0.2) is 4.79 Å². The third-order valence-corrected chi connectivity index (χ3v) is 5.57. The van der Waals surface area contributed by atoms with Crippen molar-refractivity contribution in [2.24, 2.45) is 0 Å². The Kier molecular flexibility index (Phi) is 5.65. The van der Waals surface area contributed by atoms with Gasteiger partial charge in [-0.3, -0.25) is 9.48 Å². The molecule has 2 heterocycles. The van der Waals surface area contributed by atoms with Gasteiger partial charge in [-0.05, 0) is 37.0 Å². The van der Waals surface area contributed by atoms with Gasteiger partial charge in [0.05, 0.1) is 17.9 Å². The minimum Gasteiger partial charge on any atom is -0.452 e. The molecule has 154 valence electrons. The normalized spacial score (nSPS) is 13.1. The van der Waals surface area contributed by atoms with Crippen molar-refractivity contribution in [2.75, 3.05) is 13.2 Å². The standard InChI is InChI=1S/C24H25N3O3/c1-17-23(18(2)27(25-17)14-19-8-4-3-5-9-19)24(29)30-16-22(28)26-13-12-20-10-6-7-11-21(20)15-26/h3-11H,12-16H2,1-2H3. The van der Waals surface area contributed by atoms with Crippen molar-refractivity contribution < 1.29 is 14.3 Å². The van der Waals surface area contributed by atoms with Gasteiger partial charge in [-0.15, -0.1) is 0 Å². The Hall–Kier alpha value is -3.41. The van der Waals surface area contributed by atoms with Gasteiger partial charge in [0.2, 0.25) is 0 Å². The van der Waals surface area contributed by atoms with Gasteiger partial charge < -0.3 is 9.64 Å². The number of carbonyl (C=O) groups is 2. The molecule has 1 aromatic heterocycles. The van der Waals surface area contributed by atoms with Crippen LogP contribution in [0.15, 0.2) is 54.6 Å². The van der Waals surface area contributed by atoms with Gasteiger partial charge in [-0.1, -0.05) is 54.6 Å². The number of aromatic nitrogens is 2. The Morgan fingerprint density at radius 2 is 1.70 bits per heavy atom. The van der Waals surface area contributed by atoms with Crippen LogP contribution in [0, 0.1) is 13.8 Å². The number of nitrogens with zero attached hydrogens (tertiary/aromatic N) is 3. The van der Waals surface area contributed by atoms with Crippen LogP contribution >= 0.6 is 0 Å². The van der Waals surface area contributed by atoms with Crippen molar-refractivity contribution in [2.45, 2.75) is 33.4 Å². The summed E-state index contributed by atoms with van der Waals surface area (Å²) in [5.41, 5.74) is 5.30. The lowest BCUT2D eigenvalue weighted by atomic mass is 10.00. The maximum atomic E-state index is 12.7. The van der Waals surface area contributed by atoms with Crippen LogP contribution in [0.1, 0.15) is 38.4 Å². The molecule has 6 heteroatoms. The fraction of sp³-hybridized carbons (Fsp3) is 0.292. The molecule has 2 aromatic carbocycles. The zero-order chi connectivity index (χ0) is 21.1. The lowest BCUT2D eigenvalue weighted by Crippen LogP contribution is -2.38. The Balaban J connectivity index is 1.39. The van der Waals surface area contributed by atoms with Crippen molar-refractivity contribution in [3.63, 3.8) is 0 Å². The number of fused-ring (bicyclic) bond motifs is 1. The number of amides is 1. The van der Waals surface area contributed by atoms with Crippen molar-refractivity contribution >= 4 is 11.9 Å². The highest BCUT2D eigenvalue weighted by Gasteiger charge is 2.24. The fourth-order valence-electron chi connectivity index (χ4n) is 3.90. The topological polar surface area (TPSA) is 64.4 Å². The second-order valence-corrected chi connectivity index (χ2v) is 7.60. The summed E-state index contributed by atoms with van der Waals surface area (Å²) < 4.78 is 7.17. The molecular formula is C24H25N3O3. The summed E-state index contributed by atoms with van der Waals surface area (Å²) in [7, 11) is 0. The van der Waals surface area contributed by atoms with Gasteiger partial charge in [0, 0.05) is 13.1 Å². The van der Waals surface area contributed by atoms with Crippen LogP contribution in [0.5, 0.6) is 0 Å². The zero-order valence-electron chi connectivity index (χ0n) is 17.3. The van der Waals surface area contributed by atoms with E-state index in [1.165, 1.54) is 5.56 Å². The first-order valence-electron chi connectivity index (χ1n) is 10.1. The highest BCUT2D eigenvalue weighted by molar-refractivity contribution is 5.93. The van der Waals surface area contributed by atoms with E-state index in [0.717, 1.165) is 23.2 Å². The number of aryl methyl sites for hydroxylation is 1. The molecule has 0 atom stereocenters. The van der Waals surface area contributed by atoms with Crippen LogP contribution in [-0.2, 0) is 29.0 Å². The molecule has 0 saturated carbocycles. The smallest absolute Gasteiger partial charge is 0.342 e. The predicted octanol–water partition coefficient (Wildman–Crippen LogP) is 3.29. The summed E-state index contributed by atoms with van der Waals surface area (Å²) >= 11 is 0. The van der Waals surface area contributed by atoms with E-state index in [4.69, 9.17) is 4.74 Å². The average Bonchev–Trinajstić information content (AvgIpc) is 3.05. The van der Waals surface area contributed by atoms with Crippen LogP contribution in [-0.4, -0.2) is 39.7 Å². The monoisotopic (exact) mass is 403 g/mol. The fourth-order valence-corrected chi connectivity index (χ4v) is 3.90. The quantitative estimate of drug-likeness (QED) is 0.613. The first-order valence-corrected chi connectivity index (χ1v) is 10.1. The average molecular weight is 403 g/mol. The van der Waals surface area contributed by atoms with Crippen LogP contribution in [0.2, 0.25) is 0 Å². The van der Waals surface area contributed by atoms with Crippen molar-refractivity contribution in [3.8, 4) is 0 Å².